The summed E-state index contributed by atoms with van der Waals surface area (Å²) in [5.74, 6) is 1.21. The fourth-order valence-electron chi connectivity index (χ4n) is 0.719. The Morgan fingerprint density at radius 3 is 2.31 bits per heavy atom. The number of thioether (sulfide) groups is 1. The van der Waals surface area contributed by atoms with Gasteiger partial charge in [-0.3, -0.25) is 0 Å². The van der Waals surface area contributed by atoms with Gasteiger partial charge >= 0.3 is 0 Å². The van der Waals surface area contributed by atoms with Crippen molar-refractivity contribution in [3.05, 3.63) is 0 Å². The fraction of sp³-hybridized carbons (Fsp3) is 1.00. The van der Waals surface area contributed by atoms with Crippen molar-refractivity contribution in [2.45, 2.75) is 25.5 Å². The van der Waals surface area contributed by atoms with Crippen molar-refractivity contribution in [1.29, 1.82) is 0 Å². The van der Waals surface area contributed by atoms with Crippen LogP contribution in [-0.4, -0.2) is 30.6 Å². The van der Waals surface area contributed by atoms with Crippen LogP contribution in [0.2, 0.25) is 0 Å². The largest absolute Gasteiger partial charge is 0.330 e. The van der Waals surface area contributed by atoms with E-state index in [2.05, 4.69) is 19.2 Å². The molecule has 0 aromatic rings. The Balaban J connectivity index is -0.000000500. The second kappa shape index (κ2) is 15.3. The third kappa shape index (κ3) is 19.3. The second-order valence-corrected chi connectivity index (χ2v) is 4.50. The first kappa shape index (κ1) is 19.4. The van der Waals surface area contributed by atoms with Gasteiger partial charge < -0.3 is 11.1 Å². The molecule has 0 saturated carbocycles. The molecule has 0 amide bonds. The number of rotatable bonds is 7. The summed E-state index contributed by atoms with van der Waals surface area (Å²) < 4.78 is 0. The van der Waals surface area contributed by atoms with Crippen LogP contribution in [0.1, 0.15) is 20.3 Å². The molecule has 0 atom stereocenters. The second-order valence-electron chi connectivity index (χ2n) is 2.81. The lowest BCUT2D eigenvalue weighted by Gasteiger charge is -2.05. The Hall–Kier alpha value is 0.850. The van der Waals surface area contributed by atoms with E-state index in [4.69, 9.17) is 5.73 Å². The summed E-state index contributed by atoms with van der Waals surface area (Å²) in [6, 6.07) is 0. The first-order chi connectivity index (χ1) is 5.27. The summed E-state index contributed by atoms with van der Waals surface area (Å²) in [4.78, 5) is 0. The topological polar surface area (TPSA) is 38.0 Å². The summed E-state index contributed by atoms with van der Waals surface area (Å²) in [5, 5.41) is 4.10. The summed E-state index contributed by atoms with van der Waals surface area (Å²) in [6.07, 6.45) is 1.09. The maximum Gasteiger partial charge on any atom is 0.00606 e. The lowest BCUT2D eigenvalue weighted by molar-refractivity contribution is 0.682. The van der Waals surface area contributed by atoms with Crippen LogP contribution in [0.15, 0.2) is 0 Å². The minimum atomic E-state index is 0. The van der Waals surface area contributed by atoms with Crippen LogP contribution in [-0.2, 0) is 0 Å². The highest BCUT2D eigenvalue weighted by atomic mass is 35.5. The molecule has 0 unspecified atom stereocenters. The zero-order chi connectivity index (χ0) is 8.53. The van der Waals surface area contributed by atoms with Gasteiger partial charge in [0.15, 0.2) is 0 Å². The Morgan fingerprint density at radius 2 is 1.85 bits per heavy atom. The molecule has 5 heteroatoms. The van der Waals surface area contributed by atoms with Gasteiger partial charge in [-0.25, -0.2) is 0 Å². The zero-order valence-electron chi connectivity index (χ0n) is 8.41. The molecular formula is C8H22Cl2N2S. The van der Waals surface area contributed by atoms with Crippen molar-refractivity contribution in [3.8, 4) is 0 Å². The van der Waals surface area contributed by atoms with Crippen molar-refractivity contribution in [2.24, 2.45) is 5.73 Å². The Bertz CT molecular complexity index is 84.5. The van der Waals surface area contributed by atoms with Gasteiger partial charge in [-0.15, -0.1) is 24.8 Å². The molecule has 0 spiro atoms. The molecule has 0 saturated heterocycles. The fourth-order valence-corrected chi connectivity index (χ4v) is 1.45. The van der Waals surface area contributed by atoms with E-state index in [0.717, 1.165) is 31.3 Å². The summed E-state index contributed by atoms with van der Waals surface area (Å²) in [5.41, 5.74) is 5.35. The average Bonchev–Trinajstić information content (AvgIpc) is 1.96. The number of halogens is 2. The predicted octanol–water partition coefficient (Wildman–Crippen LogP) is 1.91. The first-order valence-electron chi connectivity index (χ1n) is 4.29. The predicted molar refractivity (Wildman–Crippen MR) is 68.6 cm³/mol. The van der Waals surface area contributed by atoms with E-state index in [1.54, 1.807) is 0 Å². The highest BCUT2D eigenvalue weighted by Crippen LogP contribution is 2.06. The van der Waals surface area contributed by atoms with Crippen molar-refractivity contribution in [1.82, 2.24) is 5.32 Å². The minimum absolute atomic E-state index is 0. The van der Waals surface area contributed by atoms with E-state index < -0.39 is 0 Å². The molecule has 13 heavy (non-hydrogen) atoms. The van der Waals surface area contributed by atoms with Gasteiger partial charge in [-0.1, -0.05) is 13.8 Å². The summed E-state index contributed by atoms with van der Waals surface area (Å²) >= 11 is 2.00. The van der Waals surface area contributed by atoms with E-state index in [9.17, 15) is 0 Å². The standard InChI is InChI=1S/C8H20N2S.2ClH/c1-8(2)11-7-6-10-5-3-4-9;;/h8,10H,3-7,9H2,1-2H3;2*1H. The molecule has 2 nitrogen and oxygen atoms in total. The SMILES string of the molecule is CC(C)SCCNCCCN.Cl.Cl. The van der Waals surface area contributed by atoms with E-state index in [1.165, 1.54) is 5.75 Å². The van der Waals surface area contributed by atoms with Crippen LogP contribution >= 0.6 is 36.6 Å². The Labute approximate surface area is 98.6 Å². The van der Waals surface area contributed by atoms with Crippen molar-refractivity contribution in [2.75, 3.05) is 25.4 Å². The van der Waals surface area contributed by atoms with Gasteiger partial charge in [0.1, 0.15) is 0 Å². The molecule has 0 bridgehead atoms. The van der Waals surface area contributed by atoms with Gasteiger partial charge in [0, 0.05) is 12.3 Å². The summed E-state index contributed by atoms with van der Waals surface area (Å²) in [6.45, 7) is 7.43. The molecule has 0 aliphatic heterocycles. The first-order valence-corrected chi connectivity index (χ1v) is 5.34. The van der Waals surface area contributed by atoms with Gasteiger partial charge in [-0.2, -0.15) is 11.8 Å². The summed E-state index contributed by atoms with van der Waals surface area (Å²) in [7, 11) is 0. The van der Waals surface area contributed by atoms with Crippen LogP contribution in [0.25, 0.3) is 0 Å². The number of nitrogens with one attached hydrogen (secondary N) is 1. The number of hydrogen-bond acceptors (Lipinski definition) is 3. The zero-order valence-corrected chi connectivity index (χ0v) is 10.9. The lowest BCUT2D eigenvalue weighted by atomic mass is 10.4. The third-order valence-corrected chi connectivity index (χ3v) is 2.39. The molecular weight excluding hydrogens is 227 g/mol. The van der Waals surface area contributed by atoms with E-state index in [-0.39, 0.29) is 24.8 Å². The molecule has 0 fully saturated rings. The molecule has 3 N–H and O–H groups in total. The molecule has 0 radical (unpaired) electrons. The van der Waals surface area contributed by atoms with Crippen molar-refractivity contribution < 1.29 is 0 Å². The molecule has 0 heterocycles. The molecule has 0 aromatic carbocycles. The van der Waals surface area contributed by atoms with E-state index in [0.29, 0.717) is 0 Å². The highest BCUT2D eigenvalue weighted by molar-refractivity contribution is 7.99. The van der Waals surface area contributed by atoms with Crippen LogP contribution in [0, 0.1) is 0 Å². The smallest absolute Gasteiger partial charge is 0.00606 e. The average molecular weight is 249 g/mol. The molecule has 84 valence electrons. The number of nitrogens with two attached hydrogens (primary N) is 1. The number of hydrogen-bond donors (Lipinski definition) is 2. The monoisotopic (exact) mass is 248 g/mol. The maximum atomic E-state index is 5.35. The quantitative estimate of drug-likeness (QED) is 0.677. The van der Waals surface area contributed by atoms with Gasteiger partial charge in [0.05, 0.1) is 0 Å². The third-order valence-electron chi connectivity index (χ3n) is 1.29. The van der Waals surface area contributed by atoms with Crippen molar-refractivity contribution in [3.63, 3.8) is 0 Å². The molecule has 0 aliphatic rings. The van der Waals surface area contributed by atoms with Crippen LogP contribution in [0.3, 0.4) is 0 Å². The Morgan fingerprint density at radius 1 is 1.23 bits per heavy atom. The minimum Gasteiger partial charge on any atom is -0.330 e. The van der Waals surface area contributed by atoms with Crippen LogP contribution in [0.5, 0.6) is 0 Å². The van der Waals surface area contributed by atoms with Gasteiger partial charge in [0.25, 0.3) is 0 Å². The normalized spacial score (nSPS) is 9.23. The molecule has 0 aliphatic carbocycles. The lowest BCUT2D eigenvalue weighted by Crippen LogP contribution is -2.21. The van der Waals surface area contributed by atoms with Gasteiger partial charge in [-0.05, 0) is 24.8 Å². The van der Waals surface area contributed by atoms with Crippen LogP contribution in [0.4, 0.5) is 0 Å². The molecule has 0 rings (SSSR count). The van der Waals surface area contributed by atoms with Crippen LogP contribution < -0.4 is 11.1 Å². The van der Waals surface area contributed by atoms with Gasteiger partial charge in [0.2, 0.25) is 0 Å². The van der Waals surface area contributed by atoms with E-state index in [1.807, 2.05) is 11.8 Å². The maximum absolute atomic E-state index is 5.35. The van der Waals surface area contributed by atoms with Crippen molar-refractivity contribution >= 4 is 36.6 Å². The molecule has 0 aromatic heterocycles. The highest BCUT2D eigenvalue weighted by Gasteiger charge is 1.92. The van der Waals surface area contributed by atoms with E-state index >= 15 is 0 Å². The Kier molecular flexibility index (Phi) is 22.9.